The topological polar surface area (TPSA) is 38.3 Å². The first-order chi connectivity index (χ1) is 6.81. The van der Waals surface area contributed by atoms with Crippen molar-refractivity contribution in [1.29, 1.82) is 0 Å². The number of nitrogens with one attached hydrogen (secondary N) is 1. The second kappa shape index (κ2) is 4.52. The largest absolute Gasteiger partial charge is 0.460 e. The van der Waals surface area contributed by atoms with Gasteiger partial charge in [-0.1, -0.05) is 6.92 Å². The summed E-state index contributed by atoms with van der Waals surface area (Å²) in [6.07, 6.45) is 2.63. The van der Waals surface area contributed by atoms with Crippen molar-refractivity contribution in [2.75, 3.05) is 13.1 Å². The van der Waals surface area contributed by atoms with E-state index in [4.69, 9.17) is 4.74 Å². The van der Waals surface area contributed by atoms with Crippen LogP contribution in [0.25, 0.3) is 0 Å². The Balaban J connectivity index is 2.28. The summed E-state index contributed by atoms with van der Waals surface area (Å²) in [5, 5.41) is 3.33. The van der Waals surface area contributed by atoms with Gasteiger partial charge in [-0.3, -0.25) is 4.79 Å². The summed E-state index contributed by atoms with van der Waals surface area (Å²) in [5.74, 6) is -0.0735. The van der Waals surface area contributed by atoms with Gasteiger partial charge in [0.1, 0.15) is 5.60 Å². The van der Waals surface area contributed by atoms with Crippen LogP contribution in [0.3, 0.4) is 0 Å². The van der Waals surface area contributed by atoms with E-state index in [9.17, 15) is 4.79 Å². The molecule has 0 aromatic heterocycles. The van der Waals surface area contributed by atoms with Crippen LogP contribution in [0.5, 0.6) is 0 Å². The molecule has 0 spiro atoms. The minimum absolute atomic E-state index is 0.0735. The molecule has 3 heteroatoms. The first-order valence-corrected chi connectivity index (χ1v) is 5.73. The lowest BCUT2D eigenvalue weighted by molar-refractivity contribution is -0.155. The van der Waals surface area contributed by atoms with Gasteiger partial charge in [0, 0.05) is 13.0 Å². The average molecular weight is 213 g/mol. The molecule has 1 aliphatic heterocycles. The average Bonchev–Trinajstić information content (AvgIpc) is 2.47. The summed E-state index contributed by atoms with van der Waals surface area (Å²) in [6.45, 7) is 10.1. The summed E-state index contributed by atoms with van der Waals surface area (Å²) in [5.41, 5.74) is -0.0666. The van der Waals surface area contributed by atoms with E-state index in [2.05, 4.69) is 12.2 Å². The molecule has 1 rings (SSSR count). The van der Waals surface area contributed by atoms with Crippen molar-refractivity contribution in [3.05, 3.63) is 0 Å². The molecule has 0 bridgehead atoms. The molecular weight excluding hydrogens is 190 g/mol. The molecule has 1 saturated heterocycles. The second-order valence-electron chi connectivity index (χ2n) is 5.82. The highest BCUT2D eigenvalue weighted by molar-refractivity contribution is 5.69. The zero-order valence-corrected chi connectivity index (χ0v) is 10.4. The minimum atomic E-state index is -0.355. The molecule has 15 heavy (non-hydrogen) atoms. The van der Waals surface area contributed by atoms with E-state index in [0.717, 1.165) is 25.9 Å². The Morgan fingerprint density at radius 3 is 2.60 bits per heavy atom. The molecule has 0 aromatic rings. The number of hydrogen-bond donors (Lipinski definition) is 1. The van der Waals surface area contributed by atoms with E-state index in [1.54, 1.807) is 0 Å². The number of esters is 1. The highest BCUT2D eigenvalue weighted by Gasteiger charge is 2.29. The fourth-order valence-electron chi connectivity index (χ4n) is 1.88. The first kappa shape index (κ1) is 12.5. The number of carbonyl (C=O) groups excluding carboxylic acids is 1. The van der Waals surface area contributed by atoms with Gasteiger partial charge in [-0.05, 0) is 45.6 Å². The van der Waals surface area contributed by atoms with E-state index in [0.29, 0.717) is 6.42 Å². The van der Waals surface area contributed by atoms with Crippen LogP contribution in [0.1, 0.15) is 47.0 Å². The van der Waals surface area contributed by atoms with Crippen molar-refractivity contribution >= 4 is 5.97 Å². The lowest BCUT2D eigenvalue weighted by Gasteiger charge is -2.24. The zero-order valence-electron chi connectivity index (χ0n) is 10.4. The molecule has 1 fully saturated rings. The van der Waals surface area contributed by atoms with Crippen LogP contribution in [0.15, 0.2) is 0 Å². The van der Waals surface area contributed by atoms with Crippen LogP contribution in [0.4, 0.5) is 0 Å². The molecule has 0 aliphatic carbocycles. The fourth-order valence-corrected chi connectivity index (χ4v) is 1.88. The lowest BCUT2D eigenvalue weighted by atomic mass is 9.85. The maximum absolute atomic E-state index is 11.5. The van der Waals surface area contributed by atoms with E-state index in [1.165, 1.54) is 0 Å². The third-order valence-corrected chi connectivity index (χ3v) is 2.81. The molecular formula is C12H23NO2. The summed E-state index contributed by atoms with van der Waals surface area (Å²) >= 11 is 0. The molecule has 1 N–H and O–H groups in total. The van der Waals surface area contributed by atoms with E-state index in [-0.39, 0.29) is 17.0 Å². The van der Waals surface area contributed by atoms with Gasteiger partial charge in [-0.15, -0.1) is 0 Å². The van der Waals surface area contributed by atoms with Crippen molar-refractivity contribution in [3.8, 4) is 0 Å². The SMILES string of the molecule is CC1(CCC(=O)OC(C)(C)C)CCNC1. The van der Waals surface area contributed by atoms with Crippen LogP contribution < -0.4 is 5.32 Å². The van der Waals surface area contributed by atoms with Crippen molar-refractivity contribution in [3.63, 3.8) is 0 Å². The molecule has 1 aliphatic rings. The van der Waals surface area contributed by atoms with Crippen molar-refractivity contribution < 1.29 is 9.53 Å². The van der Waals surface area contributed by atoms with Gasteiger partial charge in [-0.25, -0.2) is 0 Å². The smallest absolute Gasteiger partial charge is 0.306 e. The van der Waals surface area contributed by atoms with Gasteiger partial charge in [-0.2, -0.15) is 0 Å². The Hall–Kier alpha value is -0.570. The number of carbonyl (C=O) groups is 1. The van der Waals surface area contributed by atoms with Gasteiger partial charge in [0.25, 0.3) is 0 Å². The third kappa shape index (κ3) is 4.65. The Morgan fingerprint density at radius 2 is 2.13 bits per heavy atom. The molecule has 0 amide bonds. The van der Waals surface area contributed by atoms with Crippen LogP contribution in [-0.4, -0.2) is 24.7 Å². The van der Waals surface area contributed by atoms with E-state index < -0.39 is 0 Å². The van der Waals surface area contributed by atoms with Crippen LogP contribution >= 0.6 is 0 Å². The normalized spacial score (nSPS) is 26.7. The van der Waals surface area contributed by atoms with Gasteiger partial charge in [0.2, 0.25) is 0 Å². The third-order valence-electron chi connectivity index (χ3n) is 2.81. The van der Waals surface area contributed by atoms with Gasteiger partial charge >= 0.3 is 5.97 Å². The zero-order chi connectivity index (χ0) is 11.5. The van der Waals surface area contributed by atoms with Crippen molar-refractivity contribution in [2.24, 2.45) is 5.41 Å². The Bertz CT molecular complexity index is 224. The highest BCUT2D eigenvalue weighted by atomic mass is 16.6. The summed E-state index contributed by atoms with van der Waals surface area (Å²) in [7, 11) is 0. The lowest BCUT2D eigenvalue weighted by Crippen LogP contribution is -2.26. The predicted octanol–water partition coefficient (Wildman–Crippen LogP) is 2.11. The monoisotopic (exact) mass is 213 g/mol. The predicted molar refractivity (Wildman–Crippen MR) is 60.7 cm³/mol. The van der Waals surface area contributed by atoms with Gasteiger partial charge in [0.15, 0.2) is 0 Å². The van der Waals surface area contributed by atoms with Crippen molar-refractivity contribution in [1.82, 2.24) is 5.32 Å². The molecule has 3 nitrogen and oxygen atoms in total. The maximum Gasteiger partial charge on any atom is 0.306 e. The molecule has 1 unspecified atom stereocenters. The molecule has 88 valence electrons. The number of hydrogen-bond acceptors (Lipinski definition) is 3. The number of rotatable bonds is 3. The quantitative estimate of drug-likeness (QED) is 0.730. The molecule has 0 aromatic carbocycles. The Labute approximate surface area is 92.6 Å². The van der Waals surface area contributed by atoms with Crippen LogP contribution in [0, 0.1) is 5.41 Å². The van der Waals surface area contributed by atoms with Crippen molar-refractivity contribution in [2.45, 2.75) is 52.6 Å². The summed E-state index contributed by atoms with van der Waals surface area (Å²) < 4.78 is 5.28. The van der Waals surface area contributed by atoms with E-state index >= 15 is 0 Å². The van der Waals surface area contributed by atoms with Gasteiger partial charge < -0.3 is 10.1 Å². The first-order valence-electron chi connectivity index (χ1n) is 5.73. The summed E-state index contributed by atoms with van der Waals surface area (Å²) in [4.78, 5) is 11.5. The van der Waals surface area contributed by atoms with Crippen LogP contribution in [-0.2, 0) is 9.53 Å². The highest BCUT2D eigenvalue weighted by Crippen LogP contribution is 2.30. The minimum Gasteiger partial charge on any atom is -0.460 e. The molecule has 0 saturated carbocycles. The Morgan fingerprint density at radius 1 is 1.47 bits per heavy atom. The van der Waals surface area contributed by atoms with Crippen LogP contribution in [0.2, 0.25) is 0 Å². The van der Waals surface area contributed by atoms with Gasteiger partial charge in [0.05, 0.1) is 0 Å². The number of ether oxygens (including phenoxy) is 1. The molecule has 1 heterocycles. The maximum atomic E-state index is 11.5. The Kier molecular flexibility index (Phi) is 3.77. The fraction of sp³-hybridized carbons (Fsp3) is 0.917. The van der Waals surface area contributed by atoms with E-state index in [1.807, 2.05) is 20.8 Å². The molecule has 0 radical (unpaired) electrons. The standard InChI is InChI=1S/C12H23NO2/c1-11(2,3)15-10(14)5-6-12(4)7-8-13-9-12/h13H,5-9H2,1-4H3. The summed E-state index contributed by atoms with van der Waals surface area (Å²) in [6, 6.07) is 0. The second-order valence-corrected chi connectivity index (χ2v) is 5.82. The molecule has 1 atom stereocenters.